The van der Waals surface area contributed by atoms with Crippen molar-refractivity contribution < 1.29 is 33.4 Å². The van der Waals surface area contributed by atoms with Crippen molar-refractivity contribution in [2.75, 3.05) is 47.4 Å². The molecule has 4 aromatic rings. The monoisotopic (exact) mass is 737 g/mol. The molecular weight excluding hydrogens is 686 g/mol. The normalized spacial score (nSPS) is 18.6. The number of likely N-dealkylation sites (tertiary alicyclic amines) is 2. The molecule has 3 heterocycles. The van der Waals surface area contributed by atoms with Crippen molar-refractivity contribution in [3.63, 3.8) is 0 Å². The molecular formula is C42H51N5O7. The number of nitrogens with zero attached hydrogens (tertiary/aromatic N) is 2. The average Bonchev–Trinajstić information content (AvgIpc) is 3.80. The second kappa shape index (κ2) is 17.1. The molecule has 1 aromatic heterocycles. The van der Waals surface area contributed by atoms with Gasteiger partial charge in [-0.15, -0.1) is 0 Å². The molecule has 3 aromatic carbocycles. The molecule has 6 rings (SSSR count). The van der Waals surface area contributed by atoms with Crippen LogP contribution in [0.5, 0.6) is 17.2 Å². The lowest BCUT2D eigenvalue weighted by Gasteiger charge is -2.40. The fourth-order valence-corrected chi connectivity index (χ4v) is 7.84. The van der Waals surface area contributed by atoms with Crippen molar-refractivity contribution in [1.82, 2.24) is 25.4 Å². The SMILES string of the molecule is CNC(=O)[C@H](CCCc1ccccc1)NC(=O)C1CN(C(=O)Cc2c[nH]c3ccc(OC)cc23)CC2CN(C(=O)c3ccc(OC(C)C)c(OC)c3)CC21. The molecule has 286 valence electrons. The number of fused-ring (bicyclic) bond motifs is 2. The number of aromatic amines is 1. The zero-order valence-electron chi connectivity index (χ0n) is 31.7. The number of likely N-dealkylation sites (N-methyl/N-ethyl adjacent to an activating group) is 1. The predicted molar refractivity (Wildman–Crippen MR) is 206 cm³/mol. The molecule has 2 fully saturated rings. The van der Waals surface area contributed by atoms with E-state index in [-0.39, 0.29) is 54.5 Å². The van der Waals surface area contributed by atoms with Gasteiger partial charge in [-0.25, -0.2) is 0 Å². The molecule has 3 unspecified atom stereocenters. The molecule has 3 N–H and O–H groups in total. The summed E-state index contributed by atoms with van der Waals surface area (Å²) in [5.41, 5.74) is 3.33. The van der Waals surface area contributed by atoms with E-state index in [1.807, 2.05) is 68.6 Å². The second-order valence-corrected chi connectivity index (χ2v) is 14.5. The van der Waals surface area contributed by atoms with Crippen LogP contribution in [0, 0.1) is 17.8 Å². The molecule has 0 spiro atoms. The van der Waals surface area contributed by atoms with Crippen LogP contribution >= 0.6 is 0 Å². The minimum atomic E-state index is -0.741. The zero-order valence-corrected chi connectivity index (χ0v) is 31.7. The standard InChI is InChI=1S/C42H51N5O7/c1-26(2)54-37-17-14-28(18-38(37)53-5)42(51)47-23-30-22-46(39(48)19-29-21-44-35-16-15-31(52-4)20-32(29)35)25-34(33(30)24-47)40(49)45-36(41(50)43-3)13-9-12-27-10-7-6-8-11-27/h6-8,10-11,14-18,20-21,26,30,33-34,36,44H,9,12-13,19,22-25H2,1-5H3,(H,43,50)(H,45,49)/t30?,33?,34?,36-/m0/s1. The number of carbonyl (C=O) groups is 4. The van der Waals surface area contributed by atoms with Crippen LogP contribution in [0.25, 0.3) is 10.9 Å². The number of benzene rings is 3. The number of methoxy groups -OCH3 is 2. The zero-order chi connectivity index (χ0) is 38.4. The maximum atomic E-state index is 14.3. The van der Waals surface area contributed by atoms with Gasteiger partial charge in [-0.3, -0.25) is 19.2 Å². The van der Waals surface area contributed by atoms with Gasteiger partial charge in [0.15, 0.2) is 11.5 Å². The summed E-state index contributed by atoms with van der Waals surface area (Å²) < 4.78 is 16.8. The first-order chi connectivity index (χ1) is 26.1. The highest BCUT2D eigenvalue weighted by Gasteiger charge is 2.48. The molecule has 2 saturated heterocycles. The number of H-pyrrole nitrogens is 1. The molecule has 0 aliphatic carbocycles. The van der Waals surface area contributed by atoms with E-state index >= 15 is 0 Å². The van der Waals surface area contributed by atoms with Crippen molar-refractivity contribution in [2.45, 2.75) is 51.7 Å². The largest absolute Gasteiger partial charge is 0.497 e. The first kappa shape index (κ1) is 38.2. The Morgan fingerprint density at radius 1 is 0.889 bits per heavy atom. The Labute approximate surface area is 316 Å². The van der Waals surface area contributed by atoms with E-state index in [0.29, 0.717) is 55.3 Å². The Hall–Kier alpha value is -5.52. The Morgan fingerprint density at radius 3 is 2.39 bits per heavy atom. The summed E-state index contributed by atoms with van der Waals surface area (Å²) in [7, 11) is 4.71. The third-order valence-electron chi connectivity index (χ3n) is 10.6. The smallest absolute Gasteiger partial charge is 0.254 e. The summed E-state index contributed by atoms with van der Waals surface area (Å²) in [6.45, 7) is 5.15. The summed E-state index contributed by atoms with van der Waals surface area (Å²) in [6, 6.07) is 20.1. The fourth-order valence-electron chi connectivity index (χ4n) is 7.84. The molecule has 2 aliphatic heterocycles. The quantitative estimate of drug-likeness (QED) is 0.172. The number of carbonyl (C=O) groups excluding carboxylic acids is 4. The van der Waals surface area contributed by atoms with Gasteiger partial charge < -0.3 is 39.6 Å². The highest BCUT2D eigenvalue weighted by atomic mass is 16.5. The molecule has 12 nitrogen and oxygen atoms in total. The minimum Gasteiger partial charge on any atom is -0.497 e. The lowest BCUT2D eigenvalue weighted by atomic mass is 9.79. The highest BCUT2D eigenvalue weighted by molar-refractivity contribution is 5.95. The van der Waals surface area contributed by atoms with Crippen molar-refractivity contribution in [3.05, 3.63) is 89.6 Å². The van der Waals surface area contributed by atoms with Crippen molar-refractivity contribution in [2.24, 2.45) is 17.8 Å². The number of piperidine rings is 1. The van der Waals surface area contributed by atoms with E-state index in [9.17, 15) is 19.2 Å². The van der Waals surface area contributed by atoms with Gasteiger partial charge in [0.2, 0.25) is 17.7 Å². The Morgan fingerprint density at radius 2 is 1.67 bits per heavy atom. The first-order valence-corrected chi connectivity index (χ1v) is 18.7. The number of aromatic nitrogens is 1. The fraction of sp³-hybridized carbons (Fsp3) is 0.429. The van der Waals surface area contributed by atoms with Gasteiger partial charge in [0.25, 0.3) is 5.91 Å². The van der Waals surface area contributed by atoms with Crippen LogP contribution in [0.3, 0.4) is 0 Å². The molecule has 12 heteroatoms. The molecule has 4 amide bonds. The predicted octanol–water partition coefficient (Wildman–Crippen LogP) is 4.62. The molecule has 0 radical (unpaired) electrons. The number of amides is 4. The topological polar surface area (TPSA) is 142 Å². The number of aryl methyl sites for hydroxylation is 1. The van der Waals surface area contributed by atoms with Gasteiger partial charge in [-0.1, -0.05) is 30.3 Å². The number of hydrogen-bond acceptors (Lipinski definition) is 7. The number of rotatable bonds is 14. The third-order valence-corrected chi connectivity index (χ3v) is 10.6. The number of ether oxygens (including phenoxy) is 3. The van der Waals surface area contributed by atoms with Crippen LogP contribution in [0.4, 0.5) is 0 Å². The first-order valence-electron chi connectivity index (χ1n) is 18.7. The van der Waals surface area contributed by atoms with E-state index in [0.717, 1.165) is 28.5 Å². The van der Waals surface area contributed by atoms with Crippen LogP contribution in [-0.4, -0.2) is 98.0 Å². The van der Waals surface area contributed by atoms with E-state index in [1.165, 1.54) is 7.11 Å². The number of nitrogens with one attached hydrogen (secondary N) is 3. The van der Waals surface area contributed by atoms with Gasteiger partial charge >= 0.3 is 0 Å². The Balaban J connectivity index is 1.23. The van der Waals surface area contributed by atoms with Gasteiger partial charge in [-0.2, -0.15) is 0 Å². The Bertz CT molecular complexity index is 1960. The van der Waals surface area contributed by atoms with Crippen LogP contribution in [0.1, 0.15) is 48.2 Å². The summed E-state index contributed by atoms with van der Waals surface area (Å²) in [5.74, 6) is -0.154. The van der Waals surface area contributed by atoms with Crippen LogP contribution in [-0.2, 0) is 27.2 Å². The van der Waals surface area contributed by atoms with E-state index in [1.54, 1.807) is 42.2 Å². The molecule has 2 aliphatic rings. The molecule has 54 heavy (non-hydrogen) atoms. The van der Waals surface area contributed by atoms with E-state index in [4.69, 9.17) is 14.2 Å². The minimum absolute atomic E-state index is 0.0680. The van der Waals surface area contributed by atoms with Crippen molar-refractivity contribution >= 4 is 34.5 Å². The summed E-state index contributed by atoms with van der Waals surface area (Å²) in [5, 5.41) is 6.65. The van der Waals surface area contributed by atoms with Gasteiger partial charge in [-0.05, 0) is 92.5 Å². The van der Waals surface area contributed by atoms with Gasteiger partial charge in [0, 0.05) is 55.9 Å². The highest BCUT2D eigenvalue weighted by Crippen LogP contribution is 2.38. The Kier molecular flexibility index (Phi) is 12.1. The third kappa shape index (κ3) is 8.64. The lowest BCUT2D eigenvalue weighted by molar-refractivity contribution is -0.140. The van der Waals surface area contributed by atoms with Gasteiger partial charge in [0.1, 0.15) is 11.8 Å². The van der Waals surface area contributed by atoms with Crippen LogP contribution in [0.15, 0.2) is 72.9 Å². The lowest BCUT2D eigenvalue weighted by Crippen LogP contribution is -2.56. The maximum absolute atomic E-state index is 14.3. The molecule has 0 saturated carbocycles. The summed E-state index contributed by atoms with van der Waals surface area (Å²) in [4.78, 5) is 62.2. The van der Waals surface area contributed by atoms with Crippen molar-refractivity contribution in [1.29, 1.82) is 0 Å². The summed E-state index contributed by atoms with van der Waals surface area (Å²) in [6.07, 6.45) is 3.83. The van der Waals surface area contributed by atoms with Crippen LogP contribution < -0.4 is 24.8 Å². The number of hydrogen-bond donors (Lipinski definition) is 3. The van der Waals surface area contributed by atoms with Gasteiger partial charge in [0.05, 0.1) is 32.7 Å². The maximum Gasteiger partial charge on any atom is 0.254 e. The average molecular weight is 738 g/mol. The molecule has 0 bridgehead atoms. The van der Waals surface area contributed by atoms with Crippen LogP contribution in [0.2, 0.25) is 0 Å². The van der Waals surface area contributed by atoms with Crippen molar-refractivity contribution in [3.8, 4) is 17.2 Å². The van der Waals surface area contributed by atoms with E-state index < -0.39 is 12.0 Å². The summed E-state index contributed by atoms with van der Waals surface area (Å²) >= 11 is 0. The molecule has 4 atom stereocenters. The second-order valence-electron chi connectivity index (χ2n) is 14.5. The van der Waals surface area contributed by atoms with E-state index in [2.05, 4.69) is 15.6 Å².